The van der Waals surface area contributed by atoms with Crippen LogP contribution in [0.1, 0.15) is 25.3 Å². The third kappa shape index (κ3) is 3.70. The summed E-state index contributed by atoms with van der Waals surface area (Å²) in [6.07, 6.45) is 1.93. The second-order valence-electron chi connectivity index (χ2n) is 5.21. The van der Waals surface area contributed by atoms with Gasteiger partial charge in [-0.25, -0.2) is 4.79 Å². The van der Waals surface area contributed by atoms with Gasteiger partial charge in [0.2, 0.25) is 0 Å². The normalized spacial score (nSPS) is 23.2. The van der Waals surface area contributed by atoms with Crippen molar-refractivity contribution in [2.45, 2.75) is 32.4 Å². The van der Waals surface area contributed by atoms with Crippen LogP contribution in [-0.2, 0) is 6.54 Å². The van der Waals surface area contributed by atoms with Gasteiger partial charge < -0.3 is 16.0 Å². The minimum Gasteiger partial charge on any atom is -0.334 e. The third-order valence-corrected chi connectivity index (χ3v) is 3.89. The average molecular weight is 261 g/mol. The number of hydrogen-bond acceptors (Lipinski definition) is 2. The number of likely N-dealkylation sites (tertiary alicyclic amines) is 1. The number of urea groups is 1. The highest BCUT2D eigenvalue weighted by Crippen LogP contribution is 2.18. The monoisotopic (exact) mass is 261 g/mol. The number of piperidine rings is 1. The lowest BCUT2D eigenvalue weighted by Crippen LogP contribution is -2.51. The Hall–Kier alpha value is -1.55. The zero-order valence-electron chi connectivity index (χ0n) is 11.5. The van der Waals surface area contributed by atoms with E-state index in [0.29, 0.717) is 12.5 Å². The quantitative estimate of drug-likeness (QED) is 0.873. The highest BCUT2D eigenvalue weighted by molar-refractivity contribution is 5.74. The van der Waals surface area contributed by atoms with E-state index in [0.717, 1.165) is 31.5 Å². The van der Waals surface area contributed by atoms with Crippen LogP contribution in [0.4, 0.5) is 4.79 Å². The Balaban J connectivity index is 1.83. The van der Waals surface area contributed by atoms with Gasteiger partial charge in [0.1, 0.15) is 0 Å². The Bertz CT molecular complexity index is 407. The topological polar surface area (TPSA) is 58.4 Å². The fourth-order valence-corrected chi connectivity index (χ4v) is 2.55. The minimum absolute atomic E-state index is 0.0224. The molecule has 1 aliphatic heterocycles. The Morgan fingerprint density at radius 3 is 2.84 bits per heavy atom. The zero-order chi connectivity index (χ0) is 13.7. The second kappa shape index (κ2) is 6.57. The van der Waals surface area contributed by atoms with Crippen LogP contribution in [0.5, 0.6) is 0 Å². The predicted octanol–water partition coefficient (Wildman–Crippen LogP) is 1.96. The van der Waals surface area contributed by atoms with Gasteiger partial charge in [0.15, 0.2) is 0 Å². The van der Waals surface area contributed by atoms with Crippen molar-refractivity contribution in [2.75, 3.05) is 13.1 Å². The van der Waals surface area contributed by atoms with Gasteiger partial charge in [0.25, 0.3) is 0 Å². The summed E-state index contributed by atoms with van der Waals surface area (Å²) in [6.45, 7) is 4.26. The molecular formula is C15H23N3O. The molecule has 0 radical (unpaired) electrons. The number of nitrogens with two attached hydrogens (primary N) is 1. The smallest absolute Gasteiger partial charge is 0.317 e. The van der Waals surface area contributed by atoms with Crippen LogP contribution in [0.25, 0.3) is 0 Å². The molecule has 0 bridgehead atoms. The Morgan fingerprint density at radius 1 is 1.42 bits per heavy atom. The van der Waals surface area contributed by atoms with Crippen LogP contribution in [0, 0.1) is 5.92 Å². The molecular weight excluding hydrogens is 238 g/mol. The Kier molecular flexibility index (Phi) is 4.80. The third-order valence-electron chi connectivity index (χ3n) is 3.89. The SMILES string of the molecule is CCC1CN(C(=O)NCc2ccccc2)CCC1N. The molecule has 1 fully saturated rings. The summed E-state index contributed by atoms with van der Waals surface area (Å²) in [5.41, 5.74) is 7.18. The first kappa shape index (κ1) is 13.9. The molecule has 0 aliphatic carbocycles. The summed E-state index contributed by atoms with van der Waals surface area (Å²) in [7, 11) is 0. The van der Waals surface area contributed by atoms with E-state index in [2.05, 4.69) is 12.2 Å². The van der Waals surface area contributed by atoms with Gasteiger partial charge in [-0.05, 0) is 17.9 Å². The van der Waals surface area contributed by atoms with Crippen molar-refractivity contribution in [3.8, 4) is 0 Å². The molecule has 1 aromatic rings. The fraction of sp³-hybridized carbons (Fsp3) is 0.533. The van der Waals surface area contributed by atoms with Gasteiger partial charge in [-0.15, -0.1) is 0 Å². The summed E-state index contributed by atoms with van der Waals surface area (Å²) in [5, 5.41) is 2.97. The van der Waals surface area contributed by atoms with E-state index in [1.54, 1.807) is 0 Å². The van der Waals surface area contributed by atoms with Crippen molar-refractivity contribution < 1.29 is 4.79 Å². The first-order valence-corrected chi connectivity index (χ1v) is 7.03. The van der Waals surface area contributed by atoms with Gasteiger partial charge in [-0.1, -0.05) is 43.7 Å². The maximum atomic E-state index is 12.1. The molecule has 2 amide bonds. The number of amides is 2. The zero-order valence-corrected chi connectivity index (χ0v) is 11.5. The van der Waals surface area contributed by atoms with Crippen molar-refractivity contribution in [2.24, 2.45) is 11.7 Å². The highest BCUT2D eigenvalue weighted by Gasteiger charge is 2.27. The van der Waals surface area contributed by atoms with E-state index in [-0.39, 0.29) is 12.1 Å². The number of nitrogens with zero attached hydrogens (tertiary/aromatic N) is 1. The Labute approximate surface area is 115 Å². The van der Waals surface area contributed by atoms with Crippen LogP contribution in [0.2, 0.25) is 0 Å². The molecule has 3 N–H and O–H groups in total. The molecule has 0 spiro atoms. The maximum absolute atomic E-state index is 12.1. The molecule has 4 heteroatoms. The summed E-state index contributed by atoms with van der Waals surface area (Å²) in [5.74, 6) is 0.427. The lowest BCUT2D eigenvalue weighted by molar-refractivity contribution is 0.153. The minimum atomic E-state index is 0.0224. The molecule has 2 atom stereocenters. The number of rotatable bonds is 3. The van der Waals surface area contributed by atoms with Crippen molar-refractivity contribution in [1.82, 2.24) is 10.2 Å². The summed E-state index contributed by atoms with van der Waals surface area (Å²) < 4.78 is 0. The van der Waals surface area contributed by atoms with Crippen molar-refractivity contribution in [3.63, 3.8) is 0 Å². The van der Waals surface area contributed by atoms with E-state index in [9.17, 15) is 4.79 Å². The molecule has 4 nitrogen and oxygen atoms in total. The summed E-state index contributed by atoms with van der Waals surface area (Å²) in [6, 6.07) is 10.2. The van der Waals surface area contributed by atoms with Crippen LogP contribution >= 0.6 is 0 Å². The van der Waals surface area contributed by atoms with Gasteiger partial charge in [-0.3, -0.25) is 0 Å². The first-order chi connectivity index (χ1) is 9.20. The molecule has 1 aliphatic rings. The lowest BCUT2D eigenvalue weighted by atomic mass is 9.91. The van der Waals surface area contributed by atoms with Crippen LogP contribution in [-0.4, -0.2) is 30.1 Å². The molecule has 0 aromatic heterocycles. The molecule has 2 rings (SSSR count). The lowest BCUT2D eigenvalue weighted by Gasteiger charge is -2.36. The standard InChI is InChI=1S/C15H23N3O/c1-2-13-11-18(9-8-14(13)16)15(19)17-10-12-6-4-3-5-7-12/h3-7,13-14H,2,8-11,16H2,1H3,(H,17,19). The number of benzene rings is 1. The van der Waals surface area contributed by atoms with E-state index in [1.165, 1.54) is 0 Å². The summed E-state index contributed by atoms with van der Waals surface area (Å²) in [4.78, 5) is 14.0. The van der Waals surface area contributed by atoms with E-state index < -0.39 is 0 Å². The van der Waals surface area contributed by atoms with Gasteiger partial charge in [0.05, 0.1) is 0 Å². The van der Waals surface area contributed by atoms with E-state index >= 15 is 0 Å². The number of hydrogen-bond donors (Lipinski definition) is 2. The van der Waals surface area contributed by atoms with Crippen LogP contribution < -0.4 is 11.1 Å². The molecule has 0 saturated carbocycles. The summed E-state index contributed by atoms with van der Waals surface area (Å²) >= 11 is 0. The van der Waals surface area contributed by atoms with Crippen molar-refractivity contribution in [1.29, 1.82) is 0 Å². The van der Waals surface area contributed by atoms with Gasteiger partial charge in [-0.2, -0.15) is 0 Å². The first-order valence-electron chi connectivity index (χ1n) is 7.03. The van der Waals surface area contributed by atoms with E-state index in [4.69, 9.17) is 5.73 Å². The van der Waals surface area contributed by atoms with Crippen LogP contribution in [0.15, 0.2) is 30.3 Å². The van der Waals surface area contributed by atoms with Crippen molar-refractivity contribution in [3.05, 3.63) is 35.9 Å². The maximum Gasteiger partial charge on any atom is 0.317 e. The predicted molar refractivity (Wildman–Crippen MR) is 76.6 cm³/mol. The molecule has 104 valence electrons. The average Bonchev–Trinajstić information content (AvgIpc) is 2.46. The molecule has 19 heavy (non-hydrogen) atoms. The second-order valence-corrected chi connectivity index (χ2v) is 5.21. The fourth-order valence-electron chi connectivity index (χ4n) is 2.55. The molecule has 1 saturated heterocycles. The van der Waals surface area contributed by atoms with Gasteiger partial charge in [0, 0.05) is 25.7 Å². The van der Waals surface area contributed by atoms with Gasteiger partial charge >= 0.3 is 6.03 Å². The number of carbonyl (C=O) groups excluding carboxylic acids is 1. The van der Waals surface area contributed by atoms with E-state index in [1.807, 2.05) is 35.2 Å². The highest BCUT2D eigenvalue weighted by atomic mass is 16.2. The Morgan fingerprint density at radius 2 is 2.16 bits per heavy atom. The molecule has 2 unspecified atom stereocenters. The van der Waals surface area contributed by atoms with Crippen LogP contribution in [0.3, 0.4) is 0 Å². The number of nitrogens with one attached hydrogen (secondary N) is 1. The molecule has 1 aromatic carbocycles. The van der Waals surface area contributed by atoms with Crippen molar-refractivity contribution >= 4 is 6.03 Å². The largest absolute Gasteiger partial charge is 0.334 e. The molecule has 1 heterocycles. The number of carbonyl (C=O) groups is 1.